The van der Waals surface area contributed by atoms with E-state index in [9.17, 15) is 15.0 Å². The number of carbonyl (C=O) groups excluding carboxylic acids is 1. The van der Waals surface area contributed by atoms with Gasteiger partial charge in [0.1, 0.15) is 5.75 Å². The molecular weight excluding hydrogens is 232 g/mol. The van der Waals surface area contributed by atoms with E-state index in [0.717, 1.165) is 32.1 Å². The SMILES string of the molecule is O=C(NCC1(O)CCCCC1)c1cncc(O)c1. The first kappa shape index (κ1) is 12.8. The van der Waals surface area contributed by atoms with Gasteiger partial charge in [-0.15, -0.1) is 0 Å². The monoisotopic (exact) mass is 250 g/mol. The molecule has 0 aromatic carbocycles. The van der Waals surface area contributed by atoms with Crippen LogP contribution >= 0.6 is 0 Å². The summed E-state index contributed by atoms with van der Waals surface area (Å²) >= 11 is 0. The molecule has 0 unspecified atom stereocenters. The van der Waals surface area contributed by atoms with E-state index in [-0.39, 0.29) is 18.2 Å². The molecule has 0 spiro atoms. The number of aromatic hydroxyl groups is 1. The van der Waals surface area contributed by atoms with Gasteiger partial charge in [-0.3, -0.25) is 9.78 Å². The molecule has 0 radical (unpaired) electrons. The van der Waals surface area contributed by atoms with Crippen LogP contribution in [0.1, 0.15) is 42.5 Å². The van der Waals surface area contributed by atoms with E-state index in [2.05, 4.69) is 10.3 Å². The molecule has 1 amide bonds. The van der Waals surface area contributed by atoms with E-state index < -0.39 is 5.60 Å². The summed E-state index contributed by atoms with van der Waals surface area (Å²) in [6.07, 6.45) is 7.26. The molecule has 0 atom stereocenters. The lowest BCUT2D eigenvalue weighted by Crippen LogP contribution is -2.44. The highest BCUT2D eigenvalue weighted by Crippen LogP contribution is 2.27. The summed E-state index contributed by atoms with van der Waals surface area (Å²) in [6, 6.07) is 1.35. The van der Waals surface area contributed by atoms with Crippen LogP contribution in [-0.4, -0.2) is 33.3 Å². The summed E-state index contributed by atoms with van der Waals surface area (Å²) in [5.74, 6) is -0.364. The number of aliphatic hydroxyl groups is 1. The Kier molecular flexibility index (Phi) is 3.81. The molecule has 1 fully saturated rings. The molecule has 1 aromatic rings. The number of hydrogen-bond donors (Lipinski definition) is 3. The van der Waals surface area contributed by atoms with Crippen LogP contribution in [0.4, 0.5) is 0 Å². The topological polar surface area (TPSA) is 82.5 Å². The molecule has 5 nitrogen and oxygen atoms in total. The summed E-state index contributed by atoms with van der Waals surface area (Å²) in [5.41, 5.74) is -0.479. The van der Waals surface area contributed by atoms with Crippen molar-refractivity contribution < 1.29 is 15.0 Å². The molecule has 1 heterocycles. The van der Waals surface area contributed by atoms with Crippen LogP contribution in [0.5, 0.6) is 5.75 Å². The van der Waals surface area contributed by atoms with Gasteiger partial charge in [0.15, 0.2) is 0 Å². The molecule has 1 aliphatic carbocycles. The van der Waals surface area contributed by atoms with Gasteiger partial charge in [0.25, 0.3) is 5.91 Å². The third-order valence-electron chi connectivity index (χ3n) is 3.35. The molecule has 1 saturated carbocycles. The zero-order valence-corrected chi connectivity index (χ0v) is 10.2. The van der Waals surface area contributed by atoms with Crippen molar-refractivity contribution in [1.29, 1.82) is 0 Å². The van der Waals surface area contributed by atoms with E-state index in [4.69, 9.17) is 0 Å². The molecule has 18 heavy (non-hydrogen) atoms. The predicted octanol–water partition coefficient (Wildman–Crippen LogP) is 1.21. The second-order valence-corrected chi connectivity index (χ2v) is 4.90. The first-order valence-corrected chi connectivity index (χ1v) is 6.24. The quantitative estimate of drug-likeness (QED) is 0.753. The summed E-state index contributed by atoms with van der Waals surface area (Å²) < 4.78 is 0. The van der Waals surface area contributed by atoms with Gasteiger partial charge in [0, 0.05) is 12.7 Å². The number of pyridine rings is 1. The van der Waals surface area contributed by atoms with Crippen molar-refractivity contribution in [1.82, 2.24) is 10.3 Å². The van der Waals surface area contributed by atoms with E-state index >= 15 is 0 Å². The lowest BCUT2D eigenvalue weighted by Gasteiger charge is -2.32. The van der Waals surface area contributed by atoms with Gasteiger partial charge in [0.2, 0.25) is 0 Å². The van der Waals surface area contributed by atoms with Gasteiger partial charge in [0.05, 0.1) is 17.4 Å². The average molecular weight is 250 g/mol. The maximum Gasteiger partial charge on any atom is 0.253 e. The highest BCUT2D eigenvalue weighted by atomic mass is 16.3. The molecule has 3 N–H and O–H groups in total. The van der Waals surface area contributed by atoms with Crippen molar-refractivity contribution in [3.63, 3.8) is 0 Å². The lowest BCUT2D eigenvalue weighted by atomic mass is 9.85. The minimum Gasteiger partial charge on any atom is -0.506 e. The van der Waals surface area contributed by atoms with Gasteiger partial charge < -0.3 is 15.5 Å². The van der Waals surface area contributed by atoms with Crippen molar-refractivity contribution in [2.45, 2.75) is 37.7 Å². The van der Waals surface area contributed by atoms with Gasteiger partial charge in [-0.1, -0.05) is 19.3 Å². The number of carbonyl (C=O) groups is 1. The molecule has 0 saturated heterocycles. The Morgan fingerprint density at radius 3 is 2.72 bits per heavy atom. The predicted molar refractivity (Wildman–Crippen MR) is 66.3 cm³/mol. The zero-order chi connectivity index (χ0) is 13.0. The van der Waals surface area contributed by atoms with Crippen LogP contribution in [0.15, 0.2) is 18.5 Å². The first-order chi connectivity index (χ1) is 8.59. The van der Waals surface area contributed by atoms with Crippen LogP contribution in [0.25, 0.3) is 0 Å². The Balaban J connectivity index is 1.92. The summed E-state index contributed by atoms with van der Waals surface area (Å²) in [5, 5.41) is 22.2. The summed E-state index contributed by atoms with van der Waals surface area (Å²) in [6.45, 7) is 0.251. The second kappa shape index (κ2) is 5.35. The lowest BCUT2D eigenvalue weighted by molar-refractivity contribution is 0.00525. The van der Waals surface area contributed by atoms with Crippen molar-refractivity contribution in [2.24, 2.45) is 0 Å². The van der Waals surface area contributed by atoms with E-state index in [1.165, 1.54) is 18.5 Å². The second-order valence-electron chi connectivity index (χ2n) is 4.90. The number of nitrogens with one attached hydrogen (secondary N) is 1. The number of amides is 1. The standard InChI is InChI=1S/C13H18N2O3/c16-11-6-10(7-14-8-11)12(17)15-9-13(18)4-2-1-3-5-13/h6-8,16,18H,1-5,9H2,(H,15,17). The summed E-state index contributed by atoms with van der Waals surface area (Å²) in [4.78, 5) is 15.6. The fourth-order valence-electron chi connectivity index (χ4n) is 2.29. The van der Waals surface area contributed by atoms with Crippen LogP contribution in [0, 0.1) is 0 Å². The number of rotatable bonds is 3. The van der Waals surface area contributed by atoms with Gasteiger partial charge >= 0.3 is 0 Å². The highest BCUT2D eigenvalue weighted by molar-refractivity contribution is 5.94. The van der Waals surface area contributed by atoms with Crippen LogP contribution in [-0.2, 0) is 0 Å². The fourth-order valence-corrected chi connectivity index (χ4v) is 2.29. The fraction of sp³-hybridized carbons (Fsp3) is 0.538. The normalized spacial score (nSPS) is 18.3. The molecule has 1 aliphatic rings. The third-order valence-corrected chi connectivity index (χ3v) is 3.35. The van der Waals surface area contributed by atoms with Crippen LogP contribution in [0.3, 0.4) is 0 Å². The Morgan fingerprint density at radius 1 is 1.33 bits per heavy atom. The van der Waals surface area contributed by atoms with Crippen LogP contribution in [0.2, 0.25) is 0 Å². The smallest absolute Gasteiger partial charge is 0.253 e. The van der Waals surface area contributed by atoms with Gasteiger partial charge in [-0.25, -0.2) is 0 Å². The van der Waals surface area contributed by atoms with Gasteiger partial charge in [-0.05, 0) is 18.9 Å². The Morgan fingerprint density at radius 2 is 2.06 bits per heavy atom. The number of hydrogen-bond acceptors (Lipinski definition) is 4. The minimum absolute atomic E-state index is 0.0426. The number of nitrogens with zero attached hydrogens (tertiary/aromatic N) is 1. The third kappa shape index (κ3) is 3.20. The van der Waals surface area contributed by atoms with Crippen molar-refractivity contribution in [3.8, 4) is 5.75 Å². The van der Waals surface area contributed by atoms with E-state index in [1.54, 1.807) is 0 Å². The molecule has 5 heteroatoms. The van der Waals surface area contributed by atoms with Crippen molar-refractivity contribution in [3.05, 3.63) is 24.0 Å². The average Bonchev–Trinajstić information content (AvgIpc) is 2.37. The largest absolute Gasteiger partial charge is 0.506 e. The Hall–Kier alpha value is -1.62. The Labute approximate surface area is 106 Å². The highest BCUT2D eigenvalue weighted by Gasteiger charge is 2.29. The molecule has 1 aromatic heterocycles. The van der Waals surface area contributed by atoms with Crippen molar-refractivity contribution >= 4 is 5.91 Å². The van der Waals surface area contributed by atoms with E-state index in [0.29, 0.717) is 5.56 Å². The Bertz CT molecular complexity index is 428. The molecule has 0 aliphatic heterocycles. The molecular formula is C13H18N2O3. The summed E-state index contributed by atoms with van der Waals surface area (Å²) in [7, 11) is 0. The maximum absolute atomic E-state index is 11.8. The first-order valence-electron chi connectivity index (χ1n) is 6.24. The molecule has 0 bridgehead atoms. The maximum atomic E-state index is 11.8. The zero-order valence-electron chi connectivity index (χ0n) is 10.2. The molecule has 2 rings (SSSR count). The van der Waals surface area contributed by atoms with Crippen molar-refractivity contribution in [2.75, 3.05) is 6.54 Å². The minimum atomic E-state index is -0.780. The van der Waals surface area contributed by atoms with Gasteiger partial charge in [-0.2, -0.15) is 0 Å². The molecule has 98 valence electrons. The van der Waals surface area contributed by atoms with Crippen LogP contribution < -0.4 is 5.32 Å². The van der Waals surface area contributed by atoms with E-state index in [1.807, 2.05) is 0 Å². The number of aromatic nitrogens is 1.